The molecule has 20 heavy (non-hydrogen) atoms. The fourth-order valence-electron chi connectivity index (χ4n) is 3.37. The summed E-state index contributed by atoms with van der Waals surface area (Å²) in [6.45, 7) is 2.24. The van der Waals surface area contributed by atoms with Crippen molar-refractivity contribution in [2.75, 3.05) is 0 Å². The molecule has 1 atom stereocenters. The molecule has 0 radical (unpaired) electrons. The van der Waals surface area contributed by atoms with Gasteiger partial charge >= 0.3 is 5.97 Å². The SMILES string of the molecule is CCC1CCC(C(Cc2cccc(Br)c2)C(=O)O)CC1. The number of carbonyl (C=O) groups is 1. The van der Waals surface area contributed by atoms with Crippen LogP contribution in [-0.2, 0) is 11.2 Å². The van der Waals surface area contributed by atoms with Gasteiger partial charge in [0.1, 0.15) is 0 Å². The van der Waals surface area contributed by atoms with E-state index in [0.29, 0.717) is 12.3 Å². The quantitative estimate of drug-likeness (QED) is 0.828. The third kappa shape index (κ3) is 4.08. The lowest BCUT2D eigenvalue weighted by Crippen LogP contribution is -2.29. The highest BCUT2D eigenvalue weighted by atomic mass is 79.9. The second-order valence-corrected chi connectivity index (χ2v) is 6.88. The van der Waals surface area contributed by atoms with E-state index in [4.69, 9.17) is 0 Å². The highest BCUT2D eigenvalue weighted by Crippen LogP contribution is 2.36. The number of carboxylic acid groups (broad SMARTS) is 1. The van der Waals surface area contributed by atoms with Gasteiger partial charge in [0, 0.05) is 4.47 Å². The van der Waals surface area contributed by atoms with E-state index in [1.165, 1.54) is 19.3 Å². The van der Waals surface area contributed by atoms with Gasteiger partial charge in [-0.25, -0.2) is 0 Å². The van der Waals surface area contributed by atoms with Crippen molar-refractivity contribution >= 4 is 21.9 Å². The number of benzene rings is 1. The van der Waals surface area contributed by atoms with Crippen LogP contribution in [-0.4, -0.2) is 11.1 Å². The molecule has 0 aliphatic heterocycles. The van der Waals surface area contributed by atoms with Crippen molar-refractivity contribution in [1.29, 1.82) is 0 Å². The lowest BCUT2D eigenvalue weighted by atomic mass is 9.73. The molecule has 2 nitrogen and oxygen atoms in total. The highest BCUT2D eigenvalue weighted by molar-refractivity contribution is 9.10. The number of hydrogen-bond acceptors (Lipinski definition) is 1. The molecule has 1 N–H and O–H groups in total. The van der Waals surface area contributed by atoms with Crippen molar-refractivity contribution in [2.24, 2.45) is 17.8 Å². The molecule has 0 amide bonds. The summed E-state index contributed by atoms with van der Waals surface area (Å²) in [5, 5.41) is 9.57. The summed E-state index contributed by atoms with van der Waals surface area (Å²) in [7, 11) is 0. The fourth-order valence-corrected chi connectivity index (χ4v) is 3.82. The zero-order chi connectivity index (χ0) is 14.5. The average Bonchev–Trinajstić information content (AvgIpc) is 2.45. The van der Waals surface area contributed by atoms with Crippen molar-refractivity contribution in [1.82, 2.24) is 0 Å². The van der Waals surface area contributed by atoms with E-state index in [1.54, 1.807) is 0 Å². The maximum absolute atomic E-state index is 11.6. The summed E-state index contributed by atoms with van der Waals surface area (Å²) >= 11 is 3.45. The molecule has 0 saturated heterocycles. The maximum atomic E-state index is 11.6. The molecule has 1 aromatic rings. The summed E-state index contributed by atoms with van der Waals surface area (Å²) in [6, 6.07) is 8.02. The molecule has 0 bridgehead atoms. The van der Waals surface area contributed by atoms with Crippen LogP contribution in [0.25, 0.3) is 0 Å². The van der Waals surface area contributed by atoms with Gasteiger partial charge in [0.25, 0.3) is 0 Å². The van der Waals surface area contributed by atoms with Gasteiger partial charge in [0.2, 0.25) is 0 Å². The zero-order valence-corrected chi connectivity index (χ0v) is 13.6. The highest BCUT2D eigenvalue weighted by Gasteiger charge is 2.31. The predicted molar refractivity (Wildman–Crippen MR) is 84.7 cm³/mol. The molecule has 1 saturated carbocycles. The molecule has 2 rings (SSSR count). The van der Waals surface area contributed by atoms with Crippen molar-refractivity contribution in [3.05, 3.63) is 34.3 Å². The third-order valence-electron chi connectivity index (χ3n) is 4.70. The number of carboxylic acids is 1. The Hall–Kier alpha value is -0.830. The van der Waals surface area contributed by atoms with Crippen LogP contribution in [0.15, 0.2) is 28.7 Å². The van der Waals surface area contributed by atoms with Crippen LogP contribution in [0.5, 0.6) is 0 Å². The second kappa shape index (κ2) is 7.26. The first-order valence-corrected chi connectivity index (χ1v) is 8.36. The van der Waals surface area contributed by atoms with E-state index in [0.717, 1.165) is 28.8 Å². The Morgan fingerprint density at radius 2 is 2.05 bits per heavy atom. The zero-order valence-electron chi connectivity index (χ0n) is 12.0. The van der Waals surface area contributed by atoms with Gasteiger partial charge in [0.05, 0.1) is 5.92 Å². The van der Waals surface area contributed by atoms with Gasteiger partial charge in [-0.05, 0) is 48.8 Å². The molecular formula is C17H23BrO2. The number of aliphatic carboxylic acids is 1. The largest absolute Gasteiger partial charge is 0.481 e. The van der Waals surface area contributed by atoms with Crippen LogP contribution in [0.4, 0.5) is 0 Å². The Kier molecular flexibility index (Phi) is 5.64. The lowest BCUT2D eigenvalue weighted by Gasteiger charge is -2.31. The molecular weight excluding hydrogens is 316 g/mol. The molecule has 0 spiro atoms. The molecule has 1 aliphatic rings. The summed E-state index contributed by atoms with van der Waals surface area (Å²) in [6.07, 6.45) is 6.42. The third-order valence-corrected chi connectivity index (χ3v) is 5.19. The minimum atomic E-state index is -0.634. The molecule has 0 heterocycles. The Morgan fingerprint density at radius 1 is 1.35 bits per heavy atom. The normalized spacial score (nSPS) is 24.3. The van der Waals surface area contributed by atoms with E-state index in [9.17, 15) is 9.90 Å². The minimum absolute atomic E-state index is 0.234. The molecule has 3 heteroatoms. The van der Waals surface area contributed by atoms with Crippen molar-refractivity contribution in [3.8, 4) is 0 Å². The number of hydrogen-bond donors (Lipinski definition) is 1. The molecule has 1 fully saturated rings. The van der Waals surface area contributed by atoms with E-state index in [1.807, 2.05) is 24.3 Å². The molecule has 1 aliphatic carbocycles. The van der Waals surface area contributed by atoms with Crippen LogP contribution < -0.4 is 0 Å². The number of halogens is 1. The van der Waals surface area contributed by atoms with Crippen LogP contribution in [0.2, 0.25) is 0 Å². The first kappa shape index (κ1) is 15.6. The standard InChI is InChI=1S/C17H23BrO2/c1-2-12-6-8-14(9-7-12)16(17(19)20)11-13-4-3-5-15(18)10-13/h3-5,10,12,14,16H,2,6-9,11H2,1H3,(H,19,20). The Morgan fingerprint density at radius 3 is 2.60 bits per heavy atom. The fraction of sp³-hybridized carbons (Fsp3) is 0.588. The first-order valence-electron chi connectivity index (χ1n) is 7.57. The van der Waals surface area contributed by atoms with Gasteiger partial charge in [-0.15, -0.1) is 0 Å². The lowest BCUT2D eigenvalue weighted by molar-refractivity contribution is -0.144. The van der Waals surface area contributed by atoms with Crippen LogP contribution in [0.3, 0.4) is 0 Å². The smallest absolute Gasteiger partial charge is 0.307 e. The van der Waals surface area contributed by atoms with Gasteiger partial charge < -0.3 is 5.11 Å². The summed E-state index contributed by atoms with van der Waals surface area (Å²) in [5.41, 5.74) is 1.12. The monoisotopic (exact) mass is 338 g/mol. The number of rotatable bonds is 5. The van der Waals surface area contributed by atoms with E-state index < -0.39 is 5.97 Å². The van der Waals surface area contributed by atoms with Gasteiger partial charge in [0.15, 0.2) is 0 Å². The average molecular weight is 339 g/mol. The molecule has 110 valence electrons. The summed E-state index contributed by atoms with van der Waals surface area (Å²) in [5.74, 6) is 0.285. The Labute approximate surface area is 129 Å². The topological polar surface area (TPSA) is 37.3 Å². The van der Waals surface area contributed by atoms with Crippen LogP contribution >= 0.6 is 15.9 Å². The predicted octanol–water partition coefficient (Wildman–Crippen LogP) is 4.91. The van der Waals surface area contributed by atoms with Gasteiger partial charge in [-0.2, -0.15) is 0 Å². The first-order chi connectivity index (χ1) is 9.60. The molecule has 1 unspecified atom stereocenters. The van der Waals surface area contributed by atoms with Crippen molar-refractivity contribution in [3.63, 3.8) is 0 Å². The van der Waals surface area contributed by atoms with Crippen LogP contribution in [0, 0.1) is 17.8 Å². The second-order valence-electron chi connectivity index (χ2n) is 5.97. The van der Waals surface area contributed by atoms with Gasteiger partial charge in [-0.3, -0.25) is 4.79 Å². The Balaban J connectivity index is 2.03. The van der Waals surface area contributed by atoms with Crippen molar-refractivity contribution < 1.29 is 9.90 Å². The molecule has 1 aromatic carbocycles. The minimum Gasteiger partial charge on any atom is -0.481 e. The Bertz CT molecular complexity index is 450. The van der Waals surface area contributed by atoms with Gasteiger partial charge in [-0.1, -0.05) is 54.2 Å². The van der Waals surface area contributed by atoms with Crippen LogP contribution in [0.1, 0.15) is 44.6 Å². The summed E-state index contributed by atoms with van der Waals surface area (Å²) in [4.78, 5) is 11.6. The maximum Gasteiger partial charge on any atom is 0.307 e. The molecule has 0 aromatic heterocycles. The van der Waals surface area contributed by atoms with Crippen molar-refractivity contribution in [2.45, 2.75) is 45.4 Å². The van der Waals surface area contributed by atoms with E-state index >= 15 is 0 Å². The van der Waals surface area contributed by atoms with E-state index in [2.05, 4.69) is 22.9 Å². The summed E-state index contributed by atoms with van der Waals surface area (Å²) < 4.78 is 1.02. The van der Waals surface area contributed by atoms with E-state index in [-0.39, 0.29) is 5.92 Å².